The zero-order valence-electron chi connectivity index (χ0n) is 14.9. The molecule has 0 aliphatic carbocycles. The summed E-state index contributed by atoms with van der Waals surface area (Å²) in [4.78, 5) is 24.2. The van der Waals surface area contributed by atoms with Gasteiger partial charge in [0.05, 0.1) is 12.7 Å². The van der Waals surface area contributed by atoms with Gasteiger partial charge in [0.15, 0.2) is 5.83 Å². The fraction of sp³-hybridized carbons (Fsp3) is 0.368. The van der Waals surface area contributed by atoms with E-state index in [2.05, 4.69) is 0 Å². The number of phenolic OH excluding ortho intramolecular Hbond substituents is 1. The molecule has 3 atom stereocenters. The topological polar surface area (TPSA) is 124 Å². The SMILES string of the molecule is C[C@H]1C/C(F)=C(/F)C(=O)[C@@H](O)[C@@H](O)C/C=C/c2cc(CO)cc(O)c2C(=O)O1. The monoisotopic (exact) mass is 398 g/mol. The molecule has 7 nitrogen and oxygen atoms in total. The van der Waals surface area contributed by atoms with Gasteiger partial charge in [-0.15, -0.1) is 0 Å². The minimum absolute atomic E-state index is 0.133. The molecule has 1 heterocycles. The Morgan fingerprint density at radius 1 is 1.21 bits per heavy atom. The molecule has 9 heteroatoms. The maximum atomic E-state index is 14.0. The van der Waals surface area contributed by atoms with Crippen molar-refractivity contribution in [2.24, 2.45) is 0 Å². The molecule has 0 amide bonds. The van der Waals surface area contributed by atoms with Crippen LogP contribution in [-0.4, -0.2) is 50.5 Å². The number of phenols is 1. The zero-order valence-corrected chi connectivity index (χ0v) is 14.9. The van der Waals surface area contributed by atoms with Crippen LogP contribution >= 0.6 is 0 Å². The van der Waals surface area contributed by atoms with Crippen molar-refractivity contribution in [3.8, 4) is 5.75 Å². The van der Waals surface area contributed by atoms with Gasteiger partial charge in [0, 0.05) is 6.42 Å². The molecule has 0 fully saturated rings. The normalized spacial score (nSPS) is 28.3. The van der Waals surface area contributed by atoms with Crippen LogP contribution in [0, 0.1) is 0 Å². The molecule has 1 aromatic carbocycles. The smallest absolute Gasteiger partial charge is 0.342 e. The summed E-state index contributed by atoms with van der Waals surface area (Å²) in [6.07, 6.45) is -3.67. The molecule has 1 aliphatic heterocycles. The predicted octanol–water partition coefficient (Wildman–Crippen LogP) is 1.68. The van der Waals surface area contributed by atoms with E-state index in [4.69, 9.17) is 4.74 Å². The third kappa shape index (κ3) is 4.80. The van der Waals surface area contributed by atoms with Gasteiger partial charge in [0.1, 0.15) is 29.3 Å². The van der Waals surface area contributed by atoms with Crippen molar-refractivity contribution < 1.29 is 43.5 Å². The van der Waals surface area contributed by atoms with Crippen molar-refractivity contribution >= 4 is 17.8 Å². The Bertz CT molecular complexity index is 832. The molecule has 0 bridgehead atoms. The number of esters is 1. The van der Waals surface area contributed by atoms with Crippen molar-refractivity contribution in [3.05, 3.63) is 46.6 Å². The van der Waals surface area contributed by atoms with Gasteiger partial charge in [-0.2, -0.15) is 0 Å². The van der Waals surface area contributed by atoms with E-state index in [9.17, 15) is 38.8 Å². The number of ketones is 1. The van der Waals surface area contributed by atoms with Gasteiger partial charge in [0.25, 0.3) is 0 Å². The van der Waals surface area contributed by atoms with Crippen LogP contribution in [0.1, 0.15) is 41.3 Å². The number of Topliss-reactive ketones (excluding diaryl/α,β-unsaturated/α-hetero) is 1. The second kappa shape index (κ2) is 9.05. The lowest BCUT2D eigenvalue weighted by atomic mass is 9.99. The van der Waals surface area contributed by atoms with Crippen LogP contribution in [0.25, 0.3) is 6.08 Å². The first kappa shape index (κ1) is 21.7. The first-order chi connectivity index (χ1) is 13.1. The molecule has 28 heavy (non-hydrogen) atoms. The van der Waals surface area contributed by atoms with Crippen molar-refractivity contribution in [2.45, 2.75) is 44.7 Å². The number of hydrogen-bond donors (Lipinski definition) is 4. The highest BCUT2D eigenvalue weighted by Crippen LogP contribution is 2.28. The Balaban J connectivity index is 2.53. The summed E-state index contributed by atoms with van der Waals surface area (Å²) in [7, 11) is 0. The van der Waals surface area contributed by atoms with Crippen LogP contribution in [0.4, 0.5) is 8.78 Å². The molecule has 0 saturated heterocycles. The quantitative estimate of drug-likeness (QED) is 0.531. The zero-order chi connectivity index (χ0) is 21.0. The average Bonchev–Trinajstić information content (AvgIpc) is 2.64. The molecule has 0 radical (unpaired) electrons. The van der Waals surface area contributed by atoms with Gasteiger partial charge >= 0.3 is 5.97 Å². The van der Waals surface area contributed by atoms with E-state index in [1.165, 1.54) is 25.1 Å². The lowest BCUT2D eigenvalue weighted by Gasteiger charge is -2.18. The van der Waals surface area contributed by atoms with Crippen LogP contribution in [-0.2, 0) is 16.1 Å². The molecular formula is C19H20F2O7. The number of aromatic hydroxyl groups is 1. The van der Waals surface area contributed by atoms with E-state index in [1.54, 1.807) is 0 Å². The molecule has 0 unspecified atom stereocenters. The number of hydrogen-bond acceptors (Lipinski definition) is 7. The number of benzene rings is 1. The number of cyclic esters (lactones) is 1. The lowest BCUT2D eigenvalue weighted by molar-refractivity contribution is -0.130. The van der Waals surface area contributed by atoms with Crippen LogP contribution in [0.2, 0.25) is 0 Å². The second-order valence-corrected chi connectivity index (χ2v) is 6.39. The molecule has 0 aromatic heterocycles. The highest BCUT2D eigenvalue weighted by molar-refractivity contribution is 5.98. The van der Waals surface area contributed by atoms with Crippen LogP contribution in [0.15, 0.2) is 29.9 Å². The van der Waals surface area contributed by atoms with E-state index in [-0.39, 0.29) is 23.1 Å². The predicted molar refractivity (Wildman–Crippen MR) is 93.4 cm³/mol. The summed E-state index contributed by atoms with van der Waals surface area (Å²) in [5, 5.41) is 39.0. The van der Waals surface area contributed by atoms with E-state index in [0.29, 0.717) is 0 Å². The van der Waals surface area contributed by atoms with Gasteiger partial charge < -0.3 is 25.2 Å². The largest absolute Gasteiger partial charge is 0.507 e. The third-order valence-corrected chi connectivity index (χ3v) is 4.13. The second-order valence-electron chi connectivity index (χ2n) is 6.39. The maximum Gasteiger partial charge on any atom is 0.342 e. The van der Waals surface area contributed by atoms with Crippen LogP contribution in [0.3, 0.4) is 0 Å². The molecular weight excluding hydrogens is 378 g/mol. The minimum Gasteiger partial charge on any atom is -0.507 e. The summed E-state index contributed by atoms with van der Waals surface area (Å²) in [5.74, 6) is -6.52. The fourth-order valence-electron chi connectivity index (χ4n) is 2.68. The van der Waals surface area contributed by atoms with E-state index in [0.717, 1.165) is 6.07 Å². The molecule has 152 valence electrons. The number of carbonyl (C=O) groups is 2. The molecule has 1 aliphatic rings. The number of rotatable bonds is 1. The van der Waals surface area contributed by atoms with Crippen LogP contribution in [0.5, 0.6) is 5.75 Å². The Morgan fingerprint density at radius 2 is 1.89 bits per heavy atom. The van der Waals surface area contributed by atoms with Gasteiger partial charge in [-0.3, -0.25) is 4.79 Å². The number of fused-ring (bicyclic) bond motifs is 1. The lowest BCUT2D eigenvalue weighted by Crippen LogP contribution is -2.34. The molecule has 2 rings (SSSR count). The Hall–Kier alpha value is -2.62. The maximum absolute atomic E-state index is 14.0. The van der Waals surface area contributed by atoms with Gasteiger partial charge in [-0.25, -0.2) is 13.6 Å². The Morgan fingerprint density at radius 3 is 2.54 bits per heavy atom. The highest BCUT2D eigenvalue weighted by atomic mass is 19.2. The van der Waals surface area contributed by atoms with Crippen LogP contribution < -0.4 is 0 Å². The summed E-state index contributed by atoms with van der Waals surface area (Å²) in [6.45, 7) is 0.826. The minimum atomic E-state index is -2.19. The van der Waals surface area contributed by atoms with Gasteiger partial charge in [-0.1, -0.05) is 12.2 Å². The number of aliphatic hydroxyl groups is 3. The van der Waals surface area contributed by atoms with E-state index in [1.807, 2.05) is 0 Å². The Labute approximate surface area is 159 Å². The first-order valence-corrected chi connectivity index (χ1v) is 8.44. The average molecular weight is 398 g/mol. The summed E-state index contributed by atoms with van der Waals surface area (Å²) < 4.78 is 32.9. The number of aliphatic hydroxyl groups excluding tert-OH is 3. The summed E-state index contributed by atoms with van der Waals surface area (Å²) in [5.41, 5.74) is 0.150. The number of carbonyl (C=O) groups excluding carboxylic acids is 2. The highest BCUT2D eigenvalue weighted by Gasteiger charge is 2.30. The number of ether oxygens (including phenoxy) is 1. The number of halogens is 2. The van der Waals surface area contributed by atoms with Crippen molar-refractivity contribution in [2.75, 3.05) is 0 Å². The van der Waals surface area contributed by atoms with Gasteiger partial charge in [0.2, 0.25) is 5.78 Å². The molecule has 0 saturated carbocycles. The fourth-order valence-corrected chi connectivity index (χ4v) is 2.68. The van der Waals surface area contributed by atoms with E-state index >= 15 is 0 Å². The van der Waals surface area contributed by atoms with Crippen molar-refractivity contribution in [1.82, 2.24) is 0 Å². The third-order valence-electron chi connectivity index (χ3n) is 4.13. The summed E-state index contributed by atoms with van der Waals surface area (Å²) >= 11 is 0. The standard InChI is InChI=1S/C19H20F2O7/c1-9-5-12(20)16(21)18(26)17(25)13(23)4-2-3-11-6-10(8-22)7-14(24)15(11)19(27)28-9/h2-3,6-7,9,13,17,22-25H,4-5,8H2,1H3/b3-2+,16-12-/t9-,13-,17-/m0/s1. The van der Waals surface area contributed by atoms with E-state index < -0.39 is 60.5 Å². The molecule has 0 spiro atoms. The Kier molecular flexibility index (Phi) is 7.00. The van der Waals surface area contributed by atoms with Gasteiger partial charge in [-0.05, 0) is 36.6 Å². The van der Waals surface area contributed by atoms with Crippen molar-refractivity contribution in [1.29, 1.82) is 0 Å². The molecule has 4 N–H and O–H groups in total. The van der Waals surface area contributed by atoms with Crippen molar-refractivity contribution in [3.63, 3.8) is 0 Å². The molecule has 1 aromatic rings. The first-order valence-electron chi connectivity index (χ1n) is 8.44. The summed E-state index contributed by atoms with van der Waals surface area (Å²) in [6, 6.07) is 2.54.